The summed E-state index contributed by atoms with van der Waals surface area (Å²) >= 11 is 0. The molecule has 1 amide bonds. The normalized spacial score (nSPS) is 15.5. The molecule has 0 spiro atoms. The summed E-state index contributed by atoms with van der Waals surface area (Å²) in [5.74, 6) is 1.10. The molecule has 5 rings (SSSR count). The topological polar surface area (TPSA) is 38.8 Å². The number of benzene rings is 4. The number of amides is 1. The van der Waals surface area contributed by atoms with Crippen molar-refractivity contribution in [3.8, 4) is 5.75 Å². The molecule has 0 radical (unpaired) electrons. The molecule has 38 heavy (non-hydrogen) atoms. The van der Waals surface area contributed by atoms with Crippen molar-refractivity contribution in [3.63, 3.8) is 0 Å². The van der Waals surface area contributed by atoms with Gasteiger partial charge in [-0.1, -0.05) is 109 Å². The number of nitrogens with zero attached hydrogens (tertiary/aromatic N) is 1. The van der Waals surface area contributed by atoms with Crippen molar-refractivity contribution in [3.05, 3.63) is 138 Å². The second kappa shape index (κ2) is 12.6. The average molecular weight is 506 g/mol. The monoisotopic (exact) mass is 505 g/mol. The zero-order chi connectivity index (χ0) is 26.0. The van der Waals surface area contributed by atoms with Crippen LogP contribution in [0.5, 0.6) is 5.75 Å². The third-order valence-corrected chi connectivity index (χ3v) is 7.29. The van der Waals surface area contributed by atoms with Gasteiger partial charge in [-0.05, 0) is 48.1 Å². The van der Waals surface area contributed by atoms with E-state index >= 15 is 0 Å². The maximum absolute atomic E-state index is 12.8. The smallest absolute Gasteiger partial charge is 0.222 e. The van der Waals surface area contributed by atoms with Crippen molar-refractivity contribution in [2.45, 2.75) is 37.3 Å². The number of para-hydroxylation sites is 1. The zero-order valence-electron chi connectivity index (χ0n) is 21.7. The first-order valence-corrected chi connectivity index (χ1v) is 13.6. The van der Waals surface area contributed by atoms with Gasteiger partial charge in [0.25, 0.3) is 0 Å². The van der Waals surface area contributed by atoms with Crippen LogP contribution < -0.4 is 4.74 Å². The van der Waals surface area contributed by atoms with Crippen LogP contribution in [0.15, 0.2) is 121 Å². The third-order valence-electron chi connectivity index (χ3n) is 7.29. The lowest BCUT2D eigenvalue weighted by Crippen LogP contribution is -2.41. The highest BCUT2D eigenvalue weighted by atomic mass is 16.5. The summed E-state index contributed by atoms with van der Waals surface area (Å²) in [4.78, 5) is 14.9. The summed E-state index contributed by atoms with van der Waals surface area (Å²) < 4.78 is 12.9. The molecule has 4 aromatic carbocycles. The van der Waals surface area contributed by atoms with Crippen LogP contribution in [0.3, 0.4) is 0 Å². The Morgan fingerprint density at radius 1 is 0.684 bits per heavy atom. The van der Waals surface area contributed by atoms with Crippen LogP contribution in [0.2, 0.25) is 0 Å². The van der Waals surface area contributed by atoms with E-state index in [9.17, 15) is 4.79 Å². The minimum atomic E-state index is -0.773. The fourth-order valence-corrected chi connectivity index (χ4v) is 5.35. The van der Waals surface area contributed by atoms with Gasteiger partial charge in [-0.2, -0.15) is 0 Å². The fraction of sp³-hybridized carbons (Fsp3) is 0.265. The van der Waals surface area contributed by atoms with E-state index in [0.29, 0.717) is 19.6 Å². The van der Waals surface area contributed by atoms with Gasteiger partial charge in [0.2, 0.25) is 5.91 Å². The van der Waals surface area contributed by atoms with Gasteiger partial charge >= 0.3 is 0 Å². The standard InChI is InChI=1S/C34H35NO3/c36-33-24-23-31(35(33)25-13-14-26-37-32-21-11-4-12-22-32)27-38-34(28-15-5-1-6-16-28,29-17-7-2-8-18-29)30-19-9-3-10-20-30/h1-12,15-22,31H,13-14,23-27H2. The molecule has 1 heterocycles. The first-order valence-electron chi connectivity index (χ1n) is 13.6. The molecule has 0 aromatic heterocycles. The van der Waals surface area contributed by atoms with E-state index in [4.69, 9.17) is 9.47 Å². The fourth-order valence-electron chi connectivity index (χ4n) is 5.35. The van der Waals surface area contributed by atoms with Gasteiger partial charge in [0.1, 0.15) is 11.4 Å². The average Bonchev–Trinajstić information content (AvgIpc) is 3.34. The third kappa shape index (κ3) is 5.81. The molecule has 4 heteroatoms. The number of carbonyl (C=O) groups excluding carboxylic acids is 1. The van der Waals surface area contributed by atoms with Crippen molar-refractivity contribution in [2.75, 3.05) is 19.8 Å². The SMILES string of the molecule is O=C1CCC(COC(c2ccccc2)(c2ccccc2)c2ccccc2)N1CCCCOc1ccccc1. The highest BCUT2D eigenvalue weighted by Crippen LogP contribution is 2.41. The highest BCUT2D eigenvalue weighted by molar-refractivity contribution is 5.78. The largest absolute Gasteiger partial charge is 0.494 e. The van der Waals surface area contributed by atoms with E-state index in [0.717, 1.165) is 48.2 Å². The molecular formula is C34H35NO3. The Kier molecular flexibility index (Phi) is 8.52. The summed E-state index contributed by atoms with van der Waals surface area (Å²) in [5.41, 5.74) is 2.45. The number of carbonyl (C=O) groups is 1. The van der Waals surface area contributed by atoms with Gasteiger partial charge in [-0.15, -0.1) is 0 Å². The molecule has 1 saturated heterocycles. The van der Waals surface area contributed by atoms with E-state index < -0.39 is 5.60 Å². The molecule has 4 nitrogen and oxygen atoms in total. The summed E-state index contributed by atoms with van der Waals surface area (Å²) in [6.45, 7) is 1.83. The summed E-state index contributed by atoms with van der Waals surface area (Å²) in [7, 11) is 0. The molecule has 4 aromatic rings. The van der Waals surface area contributed by atoms with Crippen LogP contribution in [0.4, 0.5) is 0 Å². The van der Waals surface area contributed by atoms with E-state index in [1.54, 1.807) is 0 Å². The number of ether oxygens (including phenoxy) is 2. The van der Waals surface area contributed by atoms with Gasteiger partial charge in [0.05, 0.1) is 19.3 Å². The van der Waals surface area contributed by atoms with Gasteiger partial charge < -0.3 is 14.4 Å². The molecule has 1 aliphatic rings. The first-order chi connectivity index (χ1) is 18.8. The molecule has 1 fully saturated rings. The lowest BCUT2D eigenvalue weighted by atomic mass is 9.80. The number of hydrogen-bond acceptors (Lipinski definition) is 3. The lowest BCUT2D eigenvalue weighted by Gasteiger charge is -2.38. The Morgan fingerprint density at radius 3 is 1.71 bits per heavy atom. The minimum absolute atomic E-state index is 0.0491. The molecule has 194 valence electrons. The molecular weight excluding hydrogens is 470 g/mol. The van der Waals surface area contributed by atoms with Crippen LogP contribution >= 0.6 is 0 Å². The minimum Gasteiger partial charge on any atom is -0.494 e. The van der Waals surface area contributed by atoms with E-state index in [2.05, 4.69) is 72.8 Å². The quantitative estimate of drug-likeness (QED) is 0.156. The van der Waals surface area contributed by atoms with E-state index in [1.165, 1.54) is 0 Å². The Morgan fingerprint density at radius 2 is 1.18 bits per heavy atom. The van der Waals surface area contributed by atoms with Crippen molar-refractivity contribution >= 4 is 5.91 Å². The lowest BCUT2D eigenvalue weighted by molar-refractivity contribution is -0.130. The van der Waals surface area contributed by atoms with Crippen LogP contribution in [-0.4, -0.2) is 36.6 Å². The van der Waals surface area contributed by atoms with Crippen LogP contribution in [-0.2, 0) is 15.1 Å². The molecule has 1 unspecified atom stereocenters. The number of likely N-dealkylation sites (tertiary alicyclic amines) is 1. The predicted molar refractivity (Wildman–Crippen MR) is 151 cm³/mol. The molecule has 0 N–H and O–H groups in total. The molecule has 1 atom stereocenters. The molecule has 0 bridgehead atoms. The molecule has 0 aliphatic carbocycles. The van der Waals surface area contributed by atoms with Crippen molar-refractivity contribution in [2.24, 2.45) is 0 Å². The second-order valence-corrected chi connectivity index (χ2v) is 9.74. The summed E-state index contributed by atoms with van der Waals surface area (Å²) in [6.07, 6.45) is 3.18. The molecule has 0 saturated carbocycles. The van der Waals surface area contributed by atoms with E-state index in [1.807, 2.05) is 53.4 Å². The highest BCUT2D eigenvalue weighted by Gasteiger charge is 2.40. The molecule has 1 aliphatic heterocycles. The zero-order valence-corrected chi connectivity index (χ0v) is 21.7. The first kappa shape index (κ1) is 25.7. The van der Waals surface area contributed by atoms with Gasteiger partial charge in [0, 0.05) is 13.0 Å². The van der Waals surface area contributed by atoms with Crippen LogP contribution in [0.1, 0.15) is 42.4 Å². The van der Waals surface area contributed by atoms with Gasteiger partial charge in [-0.25, -0.2) is 0 Å². The second-order valence-electron chi connectivity index (χ2n) is 9.74. The Labute approximate surface area is 225 Å². The summed E-state index contributed by atoms with van der Waals surface area (Å²) in [6, 6.07) is 41.1. The van der Waals surface area contributed by atoms with Gasteiger partial charge in [0.15, 0.2) is 0 Å². The maximum atomic E-state index is 12.8. The van der Waals surface area contributed by atoms with Gasteiger partial charge in [-0.3, -0.25) is 4.79 Å². The van der Waals surface area contributed by atoms with Crippen LogP contribution in [0, 0.1) is 0 Å². The summed E-state index contributed by atoms with van der Waals surface area (Å²) in [5, 5.41) is 0. The number of unbranched alkanes of at least 4 members (excludes halogenated alkanes) is 1. The Hall–Kier alpha value is -3.89. The van der Waals surface area contributed by atoms with Crippen LogP contribution in [0.25, 0.3) is 0 Å². The van der Waals surface area contributed by atoms with Crippen molar-refractivity contribution in [1.82, 2.24) is 4.90 Å². The van der Waals surface area contributed by atoms with E-state index in [-0.39, 0.29) is 11.9 Å². The Bertz CT molecular complexity index is 1170. The van der Waals surface area contributed by atoms with Crippen molar-refractivity contribution in [1.29, 1.82) is 0 Å². The maximum Gasteiger partial charge on any atom is 0.222 e. The van der Waals surface area contributed by atoms with Crippen molar-refractivity contribution < 1.29 is 14.3 Å². The Balaban J connectivity index is 1.32. The number of rotatable bonds is 12. The number of hydrogen-bond donors (Lipinski definition) is 0. The predicted octanol–water partition coefficient (Wildman–Crippen LogP) is 6.85.